The number of hydrogen-bond acceptors (Lipinski definition) is 4. The van der Waals surface area contributed by atoms with E-state index in [1.54, 1.807) is 23.1 Å². The molecule has 0 radical (unpaired) electrons. The highest BCUT2D eigenvalue weighted by Crippen LogP contribution is 2.31. The van der Waals surface area contributed by atoms with E-state index in [9.17, 15) is 13.2 Å². The fraction of sp³-hybridized carbons (Fsp3) is 0.409. The molecule has 0 fully saturated rings. The summed E-state index contributed by atoms with van der Waals surface area (Å²) in [5.74, 6) is 0.0220. The topological polar surface area (TPSA) is 60.9 Å². The van der Waals surface area contributed by atoms with Crippen molar-refractivity contribution < 1.29 is 13.2 Å². The zero-order valence-corrected chi connectivity index (χ0v) is 18.2. The lowest BCUT2D eigenvalue weighted by atomic mass is 10.2. The summed E-state index contributed by atoms with van der Waals surface area (Å²) < 4.78 is 27.0. The Morgan fingerprint density at radius 1 is 1.00 bits per heavy atom. The van der Waals surface area contributed by atoms with E-state index in [0.29, 0.717) is 37.5 Å². The summed E-state index contributed by atoms with van der Waals surface area (Å²) in [6.45, 7) is 8.18. The molecule has 1 aliphatic heterocycles. The van der Waals surface area contributed by atoms with Gasteiger partial charge in [0.25, 0.3) is 0 Å². The molecule has 0 aliphatic carbocycles. The Hall–Kier alpha value is -2.38. The fourth-order valence-electron chi connectivity index (χ4n) is 3.78. The smallest absolute Gasteiger partial charge is 0.246 e. The van der Waals surface area contributed by atoms with Gasteiger partial charge < -0.3 is 9.80 Å². The summed E-state index contributed by atoms with van der Waals surface area (Å²) in [5.41, 5.74) is 2.75. The summed E-state index contributed by atoms with van der Waals surface area (Å²) in [6.07, 6.45) is 0.667. The average molecular weight is 416 g/mol. The van der Waals surface area contributed by atoms with Gasteiger partial charge in [0.2, 0.25) is 15.9 Å². The van der Waals surface area contributed by atoms with Crippen molar-refractivity contribution in [3.05, 3.63) is 54.1 Å². The molecule has 0 spiro atoms. The van der Waals surface area contributed by atoms with Crippen LogP contribution in [0.15, 0.2) is 53.4 Å². The van der Waals surface area contributed by atoms with Crippen molar-refractivity contribution in [1.82, 2.24) is 4.31 Å². The zero-order chi connectivity index (χ0) is 21.0. The summed E-state index contributed by atoms with van der Waals surface area (Å²) in [7, 11) is -3.50. The highest BCUT2D eigenvalue weighted by Gasteiger charge is 2.29. The molecule has 6 nitrogen and oxygen atoms in total. The number of nitrogens with zero attached hydrogens (tertiary/aromatic N) is 3. The summed E-state index contributed by atoms with van der Waals surface area (Å²) in [5, 5.41) is 0. The zero-order valence-electron chi connectivity index (χ0n) is 17.3. The van der Waals surface area contributed by atoms with Crippen molar-refractivity contribution in [1.29, 1.82) is 0 Å². The molecule has 0 saturated carbocycles. The number of carbonyl (C=O) groups is 1. The van der Waals surface area contributed by atoms with E-state index in [1.165, 1.54) is 4.31 Å². The van der Waals surface area contributed by atoms with Crippen LogP contribution in [0.2, 0.25) is 0 Å². The Balaban J connectivity index is 1.80. The lowest BCUT2D eigenvalue weighted by molar-refractivity contribution is -0.117. The second kappa shape index (κ2) is 8.97. The molecule has 2 aromatic carbocycles. The average Bonchev–Trinajstić information content (AvgIpc) is 3.16. The first kappa shape index (κ1) is 21.3. The second-order valence-corrected chi connectivity index (χ2v) is 8.96. The highest BCUT2D eigenvalue weighted by molar-refractivity contribution is 7.89. The molecule has 0 unspecified atom stereocenters. The summed E-state index contributed by atoms with van der Waals surface area (Å²) in [4.78, 5) is 17.1. The molecule has 29 heavy (non-hydrogen) atoms. The van der Waals surface area contributed by atoms with E-state index >= 15 is 0 Å². The van der Waals surface area contributed by atoms with Crippen molar-refractivity contribution in [2.24, 2.45) is 0 Å². The molecule has 0 aromatic heterocycles. The van der Waals surface area contributed by atoms with E-state index in [2.05, 4.69) is 0 Å². The van der Waals surface area contributed by atoms with E-state index in [4.69, 9.17) is 0 Å². The predicted molar refractivity (Wildman–Crippen MR) is 117 cm³/mol. The van der Waals surface area contributed by atoms with Crippen molar-refractivity contribution in [2.45, 2.75) is 32.1 Å². The molecule has 7 heteroatoms. The molecule has 0 N–H and O–H groups in total. The molecule has 1 amide bonds. The Bertz CT molecular complexity index is 957. The van der Waals surface area contributed by atoms with Crippen LogP contribution in [0.25, 0.3) is 0 Å². The van der Waals surface area contributed by atoms with Gasteiger partial charge in [-0.25, -0.2) is 8.42 Å². The SMILES string of the molecule is CCN(CC(=O)N1CCc2cc(S(=O)(=O)N(CC)CC)ccc21)c1ccccc1. The first-order valence-corrected chi connectivity index (χ1v) is 11.6. The molecule has 0 bridgehead atoms. The third-order valence-electron chi connectivity index (χ3n) is 5.42. The van der Waals surface area contributed by atoms with Gasteiger partial charge in [0.05, 0.1) is 11.4 Å². The van der Waals surface area contributed by atoms with Gasteiger partial charge in [-0.2, -0.15) is 4.31 Å². The van der Waals surface area contributed by atoms with Gasteiger partial charge in [-0.3, -0.25) is 4.79 Å². The van der Waals surface area contributed by atoms with Gasteiger partial charge in [0.15, 0.2) is 0 Å². The Labute approximate surface area is 173 Å². The van der Waals surface area contributed by atoms with Crippen LogP contribution in [0.5, 0.6) is 0 Å². The quantitative estimate of drug-likeness (QED) is 0.665. The van der Waals surface area contributed by atoms with Crippen LogP contribution >= 0.6 is 0 Å². The number of amides is 1. The predicted octanol–water partition coefficient (Wildman–Crippen LogP) is 3.13. The Kier molecular flexibility index (Phi) is 6.59. The van der Waals surface area contributed by atoms with E-state index < -0.39 is 10.0 Å². The molecule has 2 aromatic rings. The van der Waals surface area contributed by atoms with Crippen LogP contribution in [0.3, 0.4) is 0 Å². The minimum Gasteiger partial charge on any atom is -0.362 e. The molecule has 0 atom stereocenters. The number of rotatable bonds is 8. The molecule has 156 valence electrons. The van der Waals surface area contributed by atoms with Crippen molar-refractivity contribution in [3.8, 4) is 0 Å². The van der Waals surface area contributed by atoms with Gasteiger partial charge >= 0.3 is 0 Å². The number of carbonyl (C=O) groups excluding carboxylic acids is 1. The third kappa shape index (κ3) is 4.31. The summed E-state index contributed by atoms with van der Waals surface area (Å²) in [6, 6.07) is 15.0. The number of benzene rings is 2. The number of likely N-dealkylation sites (N-methyl/N-ethyl adjacent to an activating group) is 1. The molecule has 1 heterocycles. The minimum absolute atomic E-state index is 0.0220. The van der Waals surface area contributed by atoms with E-state index in [0.717, 1.165) is 23.5 Å². The maximum atomic E-state index is 13.0. The monoisotopic (exact) mass is 415 g/mol. The molecular weight excluding hydrogens is 386 g/mol. The van der Waals surface area contributed by atoms with Gasteiger partial charge in [0, 0.05) is 37.6 Å². The van der Waals surface area contributed by atoms with Gasteiger partial charge in [-0.05, 0) is 49.2 Å². The van der Waals surface area contributed by atoms with Crippen LogP contribution < -0.4 is 9.80 Å². The van der Waals surface area contributed by atoms with Crippen molar-refractivity contribution in [2.75, 3.05) is 42.5 Å². The highest BCUT2D eigenvalue weighted by atomic mass is 32.2. The lowest BCUT2D eigenvalue weighted by Crippen LogP contribution is -2.39. The number of anilines is 2. The number of sulfonamides is 1. The van der Waals surface area contributed by atoms with Crippen molar-refractivity contribution in [3.63, 3.8) is 0 Å². The minimum atomic E-state index is -3.50. The number of fused-ring (bicyclic) bond motifs is 1. The van der Waals surface area contributed by atoms with Gasteiger partial charge in [0.1, 0.15) is 0 Å². The number of hydrogen-bond donors (Lipinski definition) is 0. The Morgan fingerprint density at radius 2 is 1.69 bits per heavy atom. The van der Waals surface area contributed by atoms with Gasteiger partial charge in [-0.1, -0.05) is 32.0 Å². The summed E-state index contributed by atoms with van der Waals surface area (Å²) >= 11 is 0. The maximum absolute atomic E-state index is 13.0. The molecule has 0 saturated heterocycles. The van der Waals surface area contributed by atoms with Crippen LogP contribution in [0.1, 0.15) is 26.3 Å². The third-order valence-corrected chi connectivity index (χ3v) is 7.47. The van der Waals surface area contributed by atoms with Crippen LogP contribution in [-0.4, -0.2) is 51.4 Å². The maximum Gasteiger partial charge on any atom is 0.246 e. The van der Waals surface area contributed by atoms with E-state index in [1.807, 2.05) is 56.0 Å². The second-order valence-electron chi connectivity index (χ2n) is 7.02. The van der Waals surface area contributed by atoms with E-state index in [-0.39, 0.29) is 5.91 Å². The lowest BCUT2D eigenvalue weighted by Gasteiger charge is -2.26. The molecule has 1 aliphatic rings. The first-order valence-electron chi connectivity index (χ1n) is 10.2. The Morgan fingerprint density at radius 3 is 2.31 bits per heavy atom. The van der Waals surface area contributed by atoms with Crippen molar-refractivity contribution >= 4 is 27.3 Å². The first-order chi connectivity index (χ1) is 13.9. The molecule has 3 rings (SSSR count). The number of para-hydroxylation sites is 1. The standard InChI is InChI=1S/C22H29N3O3S/c1-4-23(19-10-8-7-9-11-19)17-22(26)25-15-14-18-16-20(12-13-21(18)25)29(27,28)24(5-2)6-3/h7-13,16H,4-6,14-15,17H2,1-3H3. The van der Waals surface area contributed by atoms with Crippen LogP contribution in [0.4, 0.5) is 11.4 Å². The molecular formula is C22H29N3O3S. The van der Waals surface area contributed by atoms with Crippen LogP contribution in [-0.2, 0) is 21.2 Å². The van der Waals surface area contributed by atoms with Crippen LogP contribution in [0, 0.1) is 0 Å². The largest absolute Gasteiger partial charge is 0.362 e. The van der Waals surface area contributed by atoms with Gasteiger partial charge in [-0.15, -0.1) is 0 Å². The fourth-order valence-corrected chi connectivity index (χ4v) is 5.29. The normalized spacial score (nSPS) is 13.6.